The Morgan fingerprint density at radius 1 is 0.763 bits per heavy atom. The number of hydrogen-bond acceptors (Lipinski definition) is 8. The lowest BCUT2D eigenvalue weighted by Gasteiger charge is -2.08. The molecule has 1 unspecified atom stereocenters. The van der Waals surface area contributed by atoms with Crippen molar-refractivity contribution < 1.29 is 34.5 Å². The second kappa shape index (κ2) is 12.2. The summed E-state index contributed by atoms with van der Waals surface area (Å²) in [4.78, 5) is 47.4. The number of carbonyl (C=O) groups is 4. The highest BCUT2D eigenvalue weighted by molar-refractivity contribution is 7.21. The third-order valence-corrected chi connectivity index (χ3v) is 8.16. The van der Waals surface area contributed by atoms with Crippen LogP contribution < -0.4 is 10.6 Å². The molecule has 0 bridgehead atoms. The number of benzene rings is 2. The summed E-state index contributed by atoms with van der Waals surface area (Å²) >= 11 is 2.69. The molecule has 38 heavy (non-hydrogen) atoms. The van der Waals surface area contributed by atoms with E-state index in [4.69, 9.17) is 10.2 Å². The number of aliphatic carboxylic acids is 2. The number of thiophene rings is 2. The number of fused-ring (bicyclic) bond motifs is 2. The lowest BCUT2D eigenvalue weighted by Crippen LogP contribution is -2.16. The van der Waals surface area contributed by atoms with E-state index in [1.54, 1.807) is 18.2 Å². The second-order valence-electron chi connectivity index (χ2n) is 8.75. The molecule has 0 aliphatic rings. The SMILES string of the molecule is O=C(O)CCC(=O)c1cc2ccc(NC(=O)CCNc3ccc4cc(C(O)CCC(=O)O)sc4c3)cc2s1. The molecule has 0 fully saturated rings. The first kappa shape index (κ1) is 27.2. The molecule has 5 N–H and O–H groups in total. The molecule has 2 heterocycles. The first-order chi connectivity index (χ1) is 18.2. The lowest BCUT2D eigenvalue weighted by atomic mass is 10.1. The molecule has 0 aliphatic carbocycles. The first-order valence-corrected chi connectivity index (χ1v) is 13.6. The van der Waals surface area contributed by atoms with Gasteiger partial charge in [-0.2, -0.15) is 0 Å². The minimum Gasteiger partial charge on any atom is -0.481 e. The number of ketones is 1. The van der Waals surface area contributed by atoms with Crippen LogP contribution in [0.4, 0.5) is 11.4 Å². The molecule has 2 aromatic carbocycles. The molecule has 0 aliphatic heterocycles. The van der Waals surface area contributed by atoms with E-state index in [9.17, 15) is 24.3 Å². The van der Waals surface area contributed by atoms with Crippen LogP contribution in [0.15, 0.2) is 48.5 Å². The smallest absolute Gasteiger partial charge is 0.303 e. The van der Waals surface area contributed by atoms with Gasteiger partial charge >= 0.3 is 11.9 Å². The van der Waals surface area contributed by atoms with Gasteiger partial charge in [-0.1, -0.05) is 12.1 Å². The minimum atomic E-state index is -1.01. The topological polar surface area (TPSA) is 153 Å². The summed E-state index contributed by atoms with van der Waals surface area (Å²) in [5.74, 6) is -2.34. The molecule has 1 amide bonds. The van der Waals surface area contributed by atoms with Gasteiger partial charge in [0.1, 0.15) is 0 Å². The van der Waals surface area contributed by atoms with Gasteiger partial charge in [-0.15, -0.1) is 22.7 Å². The summed E-state index contributed by atoms with van der Waals surface area (Å²) in [5, 5.41) is 35.7. The van der Waals surface area contributed by atoms with Crippen molar-refractivity contribution in [3.8, 4) is 0 Å². The number of carbonyl (C=O) groups excluding carboxylic acids is 2. The molecule has 4 aromatic rings. The fraction of sp³-hybridized carbons (Fsp3) is 0.259. The summed E-state index contributed by atoms with van der Waals surface area (Å²) in [5.41, 5.74) is 1.45. The Morgan fingerprint density at radius 2 is 1.42 bits per heavy atom. The van der Waals surface area contributed by atoms with Crippen molar-refractivity contribution in [1.29, 1.82) is 0 Å². The normalized spacial score (nSPS) is 11.9. The summed E-state index contributed by atoms with van der Waals surface area (Å²) in [6, 6.07) is 14.7. The van der Waals surface area contributed by atoms with E-state index in [0.717, 1.165) is 30.7 Å². The number of hydrogen-bond donors (Lipinski definition) is 5. The quantitative estimate of drug-likeness (QED) is 0.136. The summed E-state index contributed by atoms with van der Waals surface area (Å²) in [6.07, 6.45) is -0.783. The maximum Gasteiger partial charge on any atom is 0.303 e. The average molecular weight is 555 g/mol. The van der Waals surface area contributed by atoms with Gasteiger partial charge in [0.05, 0.1) is 17.4 Å². The zero-order chi connectivity index (χ0) is 27.2. The predicted octanol–water partition coefficient (Wildman–Crippen LogP) is 5.50. The third-order valence-electron chi connectivity index (χ3n) is 5.82. The Kier molecular flexibility index (Phi) is 8.72. The number of carboxylic acids is 2. The lowest BCUT2D eigenvalue weighted by molar-refractivity contribution is -0.138. The minimum absolute atomic E-state index is 0.0475. The van der Waals surface area contributed by atoms with Crippen LogP contribution >= 0.6 is 22.7 Å². The zero-order valence-corrected chi connectivity index (χ0v) is 21.9. The van der Waals surface area contributed by atoms with Gasteiger partial charge < -0.3 is 26.0 Å². The standard InChI is InChI=1S/C27H26N2O7S2/c30-19(5-7-26(33)34)23-11-15-1-3-17(13-21(15)37-23)28-10-9-25(32)29-18-4-2-16-12-24(38-22(16)14-18)20(31)6-8-27(35)36/h1-4,11-14,19,28,30H,5-10H2,(H,29,32)(H,33,34)(H,35,36). The van der Waals surface area contributed by atoms with Crippen molar-refractivity contribution in [2.45, 2.75) is 38.2 Å². The molecular weight excluding hydrogens is 528 g/mol. The van der Waals surface area contributed by atoms with Crippen LogP contribution in [0.1, 0.15) is 52.8 Å². The van der Waals surface area contributed by atoms with E-state index in [0.29, 0.717) is 17.1 Å². The first-order valence-electron chi connectivity index (χ1n) is 11.9. The molecule has 9 nitrogen and oxygen atoms in total. The molecule has 0 saturated heterocycles. The van der Waals surface area contributed by atoms with Crippen LogP contribution in [0.5, 0.6) is 0 Å². The van der Waals surface area contributed by atoms with Crippen LogP contribution in [0.2, 0.25) is 0 Å². The van der Waals surface area contributed by atoms with Crippen molar-refractivity contribution in [2.24, 2.45) is 0 Å². The number of carboxylic acid groups (broad SMARTS) is 2. The van der Waals surface area contributed by atoms with Crippen molar-refractivity contribution in [1.82, 2.24) is 0 Å². The highest BCUT2D eigenvalue weighted by Gasteiger charge is 2.15. The van der Waals surface area contributed by atoms with Gasteiger partial charge in [-0.3, -0.25) is 19.2 Å². The Bertz CT molecular complexity index is 1510. The largest absolute Gasteiger partial charge is 0.481 e. The van der Waals surface area contributed by atoms with E-state index in [1.165, 1.54) is 22.7 Å². The van der Waals surface area contributed by atoms with Crippen molar-refractivity contribution in [3.05, 3.63) is 58.3 Å². The number of rotatable bonds is 13. The van der Waals surface area contributed by atoms with E-state index in [1.807, 2.05) is 30.3 Å². The van der Waals surface area contributed by atoms with Crippen LogP contribution in [0.25, 0.3) is 20.2 Å². The number of amides is 1. The van der Waals surface area contributed by atoms with Gasteiger partial charge in [-0.05, 0) is 53.6 Å². The summed E-state index contributed by atoms with van der Waals surface area (Å²) in [7, 11) is 0. The average Bonchev–Trinajstić information content (AvgIpc) is 3.49. The Hall–Kier alpha value is -3.80. The fourth-order valence-corrected chi connectivity index (χ4v) is 6.06. The molecular formula is C27H26N2O7S2. The number of Topliss-reactive ketones (excluding diaryl/α,β-unsaturated/α-hetero) is 1. The molecule has 1 atom stereocenters. The maximum atomic E-state index is 12.5. The number of nitrogens with one attached hydrogen (secondary N) is 2. The number of aliphatic hydroxyl groups is 1. The number of aliphatic hydroxyl groups excluding tert-OH is 1. The van der Waals surface area contributed by atoms with Crippen LogP contribution in [-0.2, 0) is 14.4 Å². The van der Waals surface area contributed by atoms with E-state index < -0.39 is 18.0 Å². The van der Waals surface area contributed by atoms with Crippen molar-refractivity contribution in [2.75, 3.05) is 17.2 Å². The fourth-order valence-electron chi connectivity index (χ4n) is 3.86. The molecule has 0 saturated carbocycles. The monoisotopic (exact) mass is 554 g/mol. The van der Waals surface area contributed by atoms with Gasteiger partial charge in [0, 0.05) is 51.5 Å². The van der Waals surface area contributed by atoms with Crippen molar-refractivity contribution >= 4 is 77.8 Å². The van der Waals surface area contributed by atoms with Crippen LogP contribution in [-0.4, -0.2) is 45.5 Å². The third kappa shape index (κ3) is 7.15. The molecule has 0 spiro atoms. The van der Waals surface area contributed by atoms with E-state index in [-0.39, 0.29) is 43.8 Å². The predicted molar refractivity (Wildman–Crippen MR) is 148 cm³/mol. The highest BCUT2D eigenvalue weighted by atomic mass is 32.1. The van der Waals surface area contributed by atoms with Crippen LogP contribution in [0, 0.1) is 0 Å². The van der Waals surface area contributed by atoms with Crippen LogP contribution in [0.3, 0.4) is 0 Å². The highest BCUT2D eigenvalue weighted by Crippen LogP contribution is 2.33. The van der Waals surface area contributed by atoms with E-state index in [2.05, 4.69) is 10.6 Å². The summed E-state index contributed by atoms with van der Waals surface area (Å²) in [6.45, 7) is 0.403. The Balaban J connectivity index is 1.29. The second-order valence-corrected chi connectivity index (χ2v) is 11.0. The van der Waals surface area contributed by atoms with Gasteiger partial charge in [0.25, 0.3) is 0 Å². The number of anilines is 2. The van der Waals surface area contributed by atoms with Gasteiger partial charge in [0.15, 0.2) is 5.78 Å². The Labute approximate surface area is 225 Å². The molecule has 11 heteroatoms. The van der Waals surface area contributed by atoms with Gasteiger partial charge in [-0.25, -0.2) is 0 Å². The van der Waals surface area contributed by atoms with Gasteiger partial charge in [0.2, 0.25) is 5.91 Å². The molecule has 198 valence electrons. The summed E-state index contributed by atoms with van der Waals surface area (Å²) < 4.78 is 1.78. The van der Waals surface area contributed by atoms with E-state index >= 15 is 0 Å². The Morgan fingerprint density at radius 3 is 2.16 bits per heavy atom. The van der Waals surface area contributed by atoms with Crippen molar-refractivity contribution in [3.63, 3.8) is 0 Å². The molecule has 0 radical (unpaired) electrons. The maximum absolute atomic E-state index is 12.5. The molecule has 2 aromatic heterocycles. The zero-order valence-electron chi connectivity index (χ0n) is 20.2. The molecule has 4 rings (SSSR count).